The maximum atomic E-state index is 12.5. The molecule has 1 aromatic rings. The third-order valence-electron chi connectivity index (χ3n) is 2.23. The molecule has 0 fully saturated rings. The van der Waals surface area contributed by atoms with Crippen molar-refractivity contribution < 1.29 is 18.0 Å². The lowest BCUT2D eigenvalue weighted by Gasteiger charge is -2.32. The average molecular weight is 351 g/mol. The van der Waals surface area contributed by atoms with Crippen molar-refractivity contribution in [3.63, 3.8) is 0 Å². The van der Waals surface area contributed by atoms with Crippen molar-refractivity contribution in [3.05, 3.63) is 28.7 Å². The zero-order valence-electron chi connectivity index (χ0n) is 10.8. The minimum atomic E-state index is -4.07. The zero-order chi connectivity index (χ0) is 14.8. The van der Waals surface area contributed by atoms with Gasteiger partial charge in [-0.15, -0.1) is 0 Å². The predicted molar refractivity (Wildman–Crippen MR) is 73.6 cm³/mol. The van der Waals surface area contributed by atoms with Crippen LogP contribution in [0.25, 0.3) is 0 Å². The van der Waals surface area contributed by atoms with Crippen LogP contribution in [0.15, 0.2) is 33.6 Å². The molecule has 0 spiro atoms. The molecule has 1 amide bonds. The van der Waals surface area contributed by atoms with Gasteiger partial charge in [-0.3, -0.25) is 0 Å². The Balaban J connectivity index is 3.46. The maximum Gasteiger partial charge on any atom is 0.443 e. The zero-order valence-corrected chi connectivity index (χ0v) is 13.2. The minimum absolute atomic E-state index is 0.0321. The van der Waals surface area contributed by atoms with Gasteiger partial charge >= 0.3 is 6.09 Å². The van der Waals surface area contributed by atoms with Crippen LogP contribution in [-0.4, -0.2) is 24.4 Å². The SMILES string of the molecule is CC(C)(C)N(C(=O)ON)S(=O)(=O)c1ccccc1Br. The normalized spacial score (nSPS) is 12.1. The largest absolute Gasteiger partial charge is 0.443 e. The van der Waals surface area contributed by atoms with Crippen LogP contribution in [0.4, 0.5) is 4.79 Å². The van der Waals surface area contributed by atoms with Gasteiger partial charge in [-0.25, -0.2) is 13.2 Å². The first-order chi connectivity index (χ1) is 8.62. The quantitative estimate of drug-likeness (QED) is 0.826. The smallest absolute Gasteiger partial charge is 0.356 e. The number of nitrogens with zero attached hydrogens (tertiary/aromatic N) is 1. The second-order valence-electron chi connectivity index (χ2n) is 4.75. The number of amides is 1. The number of benzene rings is 1. The number of carbonyl (C=O) groups is 1. The molecule has 0 aliphatic heterocycles. The van der Waals surface area contributed by atoms with E-state index in [1.807, 2.05) is 0 Å². The fourth-order valence-electron chi connectivity index (χ4n) is 1.53. The number of nitrogens with two attached hydrogens (primary N) is 1. The fraction of sp³-hybridized carbons (Fsp3) is 0.364. The standard InChI is InChI=1S/C11H15BrN2O4S/c1-11(2,3)14(10(15)18-13)19(16,17)9-7-5-4-6-8(9)12/h4-7H,13H2,1-3H3. The molecule has 0 saturated carbocycles. The molecule has 0 atom stereocenters. The van der Waals surface area contributed by atoms with Crippen molar-refractivity contribution in [1.29, 1.82) is 0 Å². The summed E-state index contributed by atoms with van der Waals surface area (Å²) >= 11 is 3.15. The van der Waals surface area contributed by atoms with E-state index in [0.717, 1.165) is 0 Å². The molecule has 19 heavy (non-hydrogen) atoms. The summed E-state index contributed by atoms with van der Waals surface area (Å²) in [5.41, 5.74) is -1.01. The van der Waals surface area contributed by atoms with Crippen LogP contribution in [0.2, 0.25) is 0 Å². The van der Waals surface area contributed by atoms with Gasteiger partial charge < -0.3 is 4.84 Å². The summed E-state index contributed by atoms with van der Waals surface area (Å²) in [6.45, 7) is 4.70. The topological polar surface area (TPSA) is 89.7 Å². The molecule has 8 heteroatoms. The van der Waals surface area contributed by atoms with Gasteiger partial charge in [0.05, 0.1) is 5.54 Å². The molecule has 1 aromatic carbocycles. The van der Waals surface area contributed by atoms with E-state index in [9.17, 15) is 13.2 Å². The Morgan fingerprint density at radius 1 is 1.32 bits per heavy atom. The monoisotopic (exact) mass is 350 g/mol. The number of halogens is 1. The second-order valence-corrected chi connectivity index (χ2v) is 7.36. The van der Waals surface area contributed by atoms with Crippen molar-refractivity contribution in [2.75, 3.05) is 0 Å². The highest BCUT2D eigenvalue weighted by Crippen LogP contribution is 2.29. The molecule has 1 rings (SSSR count). The van der Waals surface area contributed by atoms with E-state index in [1.54, 1.807) is 39.0 Å². The molecule has 0 aromatic heterocycles. The predicted octanol–water partition coefficient (Wildman–Crippen LogP) is 2.25. The number of carbonyl (C=O) groups excluding carboxylic acids is 1. The van der Waals surface area contributed by atoms with Gasteiger partial charge in [-0.1, -0.05) is 12.1 Å². The Kier molecular flexibility index (Phi) is 4.59. The first-order valence-electron chi connectivity index (χ1n) is 5.33. The molecule has 0 heterocycles. The van der Waals surface area contributed by atoms with Crippen molar-refractivity contribution >= 4 is 32.0 Å². The van der Waals surface area contributed by atoms with Gasteiger partial charge in [0.1, 0.15) is 4.90 Å². The second kappa shape index (κ2) is 5.48. The fourth-order valence-corrected chi connectivity index (χ4v) is 4.15. The molecular weight excluding hydrogens is 336 g/mol. The van der Waals surface area contributed by atoms with E-state index in [1.165, 1.54) is 6.07 Å². The van der Waals surface area contributed by atoms with Gasteiger partial charge in [0.2, 0.25) is 0 Å². The molecule has 6 nitrogen and oxygen atoms in total. The molecule has 0 bridgehead atoms. The number of sulfonamides is 1. The van der Waals surface area contributed by atoms with E-state index in [-0.39, 0.29) is 4.90 Å². The lowest BCUT2D eigenvalue weighted by atomic mass is 10.1. The van der Waals surface area contributed by atoms with Crippen LogP contribution in [0, 0.1) is 0 Å². The summed E-state index contributed by atoms with van der Waals surface area (Å²) in [5.74, 6) is 4.82. The Morgan fingerprint density at radius 2 is 1.84 bits per heavy atom. The lowest BCUT2D eigenvalue weighted by molar-refractivity contribution is 0.105. The Morgan fingerprint density at radius 3 is 2.26 bits per heavy atom. The molecule has 0 saturated heterocycles. The van der Waals surface area contributed by atoms with Gasteiger partial charge in [0, 0.05) is 4.47 Å². The summed E-state index contributed by atoms with van der Waals surface area (Å²) in [6.07, 6.45) is -1.14. The highest BCUT2D eigenvalue weighted by atomic mass is 79.9. The molecule has 0 radical (unpaired) electrons. The first-order valence-corrected chi connectivity index (χ1v) is 7.56. The van der Waals surface area contributed by atoms with Crippen molar-refractivity contribution in [1.82, 2.24) is 4.31 Å². The minimum Gasteiger partial charge on any atom is -0.356 e. The summed E-state index contributed by atoms with van der Waals surface area (Å²) in [5, 5.41) is 0. The van der Waals surface area contributed by atoms with Gasteiger partial charge in [0.15, 0.2) is 0 Å². The van der Waals surface area contributed by atoms with Crippen molar-refractivity contribution in [2.45, 2.75) is 31.2 Å². The highest BCUT2D eigenvalue weighted by molar-refractivity contribution is 9.10. The highest BCUT2D eigenvalue weighted by Gasteiger charge is 2.40. The Labute approximate surface area is 120 Å². The van der Waals surface area contributed by atoms with Crippen molar-refractivity contribution in [2.24, 2.45) is 5.90 Å². The van der Waals surface area contributed by atoms with Crippen LogP contribution < -0.4 is 5.90 Å². The summed E-state index contributed by atoms with van der Waals surface area (Å²) in [4.78, 5) is 15.7. The Bertz CT molecular complexity index is 581. The first kappa shape index (κ1) is 15.9. The van der Waals surface area contributed by atoms with Crippen LogP contribution >= 0.6 is 15.9 Å². The third-order valence-corrected chi connectivity index (χ3v) is 5.27. The third kappa shape index (κ3) is 3.26. The van der Waals surface area contributed by atoms with Crippen molar-refractivity contribution in [3.8, 4) is 0 Å². The van der Waals surface area contributed by atoms with Crippen LogP contribution in [0.3, 0.4) is 0 Å². The van der Waals surface area contributed by atoms with Gasteiger partial charge in [-0.2, -0.15) is 10.2 Å². The molecule has 0 aliphatic carbocycles. The average Bonchev–Trinajstić information content (AvgIpc) is 2.26. The van der Waals surface area contributed by atoms with Gasteiger partial charge in [-0.05, 0) is 48.8 Å². The Hall–Kier alpha value is -1.12. The van der Waals surface area contributed by atoms with Crippen LogP contribution in [0.1, 0.15) is 20.8 Å². The summed E-state index contributed by atoms with van der Waals surface area (Å²) < 4.78 is 26.0. The van der Waals surface area contributed by atoms with Gasteiger partial charge in [0.25, 0.3) is 10.0 Å². The summed E-state index contributed by atoms with van der Waals surface area (Å²) in [6, 6.07) is 6.20. The number of hydrogen-bond acceptors (Lipinski definition) is 5. The van der Waals surface area contributed by atoms with E-state index in [4.69, 9.17) is 5.90 Å². The van der Waals surface area contributed by atoms with E-state index < -0.39 is 21.7 Å². The van der Waals surface area contributed by atoms with Crippen LogP contribution in [-0.2, 0) is 14.9 Å². The lowest BCUT2D eigenvalue weighted by Crippen LogP contribution is -2.50. The summed E-state index contributed by atoms with van der Waals surface area (Å²) in [7, 11) is -4.07. The van der Waals surface area contributed by atoms with E-state index in [2.05, 4.69) is 20.8 Å². The molecule has 2 N–H and O–H groups in total. The molecular formula is C11H15BrN2O4S. The molecule has 0 aliphatic rings. The van der Waals surface area contributed by atoms with E-state index >= 15 is 0 Å². The number of rotatable bonds is 2. The maximum absolute atomic E-state index is 12.5. The van der Waals surface area contributed by atoms with Crippen LogP contribution in [0.5, 0.6) is 0 Å². The van der Waals surface area contributed by atoms with E-state index in [0.29, 0.717) is 8.78 Å². The molecule has 0 unspecified atom stereocenters. The molecule has 106 valence electrons. The number of hydrogen-bond donors (Lipinski definition) is 1.